The van der Waals surface area contributed by atoms with E-state index in [2.05, 4.69) is 4.72 Å². The lowest BCUT2D eigenvalue weighted by Gasteiger charge is -2.13. The third kappa shape index (κ3) is 4.09. The first-order valence-corrected chi connectivity index (χ1v) is 7.29. The topological polar surface area (TPSA) is 84.9 Å². The molecule has 0 aliphatic heterocycles. The van der Waals surface area contributed by atoms with E-state index in [-0.39, 0.29) is 6.54 Å². The second kappa shape index (κ2) is 6.74. The van der Waals surface area contributed by atoms with Crippen molar-refractivity contribution in [1.82, 2.24) is 4.72 Å². The molecule has 0 aliphatic rings. The van der Waals surface area contributed by atoms with Crippen LogP contribution in [0.4, 0.5) is 0 Å². The summed E-state index contributed by atoms with van der Waals surface area (Å²) >= 11 is 0. The normalized spacial score (nSPS) is 13.1. The van der Waals surface area contributed by atoms with Gasteiger partial charge in [0.1, 0.15) is 0 Å². The summed E-state index contributed by atoms with van der Waals surface area (Å²) < 4.78 is 36.0. The SMILES string of the molecule is COc1ccc(CNS(=O)(=O)C(C)CO)cc1OC. The molecule has 108 valence electrons. The van der Waals surface area contributed by atoms with E-state index in [0.29, 0.717) is 11.5 Å². The molecule has 0 heterocycles. The van der Waals surface area contributed by atoms with Crippen LogP contribution in [0.3, 0.4) is 0 Å². The Balaban J connectivity index is 2.79. The van der Waals surface area contributed by atoms with Crippen LogP contribution in [-0.2, 0) is 16.6 Å². The molecule has 0 saturated heterocycles. The predicted molar refractivity (Wildman–Crippen MR) is 71.9 cm³/mol. The molecular weight excluding hydrogens is 270 g/mol. The fourth-order valence-electron chi connectivity index (χ4n) is 1.41. The van der Waals surface area contributed by atoms with Crippen molar-refractivity contribution in [1.29, 1.82) is 0 Å². The number of rotatable bonds is 7. The highest BCUT2D eigenvalue weighted by Gasteiger charge is 2.19. The van der Waals surface area contributed by atoms with Gasteiger partial charge < -0.3 is 14.6 Å². The Kier molecular flexibility index (Phi) is 5.59. The molecule has 2 N–H and O–H groups in total. The lowest BCUT2D eigenvalue weighted by atomic mass is 10.2. The van der Waals surface area contributed by atoms with Crippen molar-refractivity contribution in [2.75, 3.05) is 20.8 Å². The van der Waals surface area contributed by atoms with Gasteiger partial charge in [0.25, 0.3) is 0 Å². The molecule has 1 atom stereocenters. The predicted octanol–water partition coefficient (Wildman–Crippen LogP) is 0.504. The number of hydrogen-bond acceptors (Lipinski definition) is 5. The van der Waals surface area contributed by atoms with Gasteiger partial charge in [-0.15, -0.1) is 0 Å². The molecule has 0 amide bonds. The minimum Gasteiger partial charge on any atom is -0.493 e. The molecule has 7 heteroatoms. The van der Waals surface area contributed by atoms with E-state index in [1.165, 1.54) is 21.1 Å². The van der Waals surface area contributed by atoms with Gasteiger partial charge in [-0.1, -0.05) is 6.07 Å². The van der Waals surface area contributed by atoms with Crippen LogP contribution >= 0.6 is 0 Å². The van der Waals surface area contributed by atoms with Crippen LogP contribution < -0.4 is 14.2 Å². The van der Waals surface area contributed by atoms with Gasteiger partial charge in [-0.05, 0) is 24.6 Å². The lowest BCUT2D eigenvalue weighted by Crippen LogP contribution is -2.34. The highest BCUT2D eigenvalue weighted by molar-refractivity contribution is 7.90. The van der Waals surface area contributed by atoms with Crippen molar-refractivity contribution in [2.24, 2.45) is 0 Å². The zero-order valence-corrected chi connectivity index (χ0v) is 12.0. The first-order chi connectivity index (χ1) is 8.94. The maximum atomic E-state index is 11.7. The summed E-state index contributed by atoms with van der Waals surface area (Å²) in [4.78, 5) is 0. The van der Waals surface area contributed by atoms with Crippen molar-refractivity contribution in [2.45, 2.75) is 18.7 Å². The van der Waals surface area contributed by atoms with Gasteiger partial charge in [-0.25, -0.2) is 13.1 Å². The molecular formula is C12H19NO5S. The molecule has 1 aromatic carbocycles. The summed E-state index contributed by atoms with van der Waals surface area (Å²) in [6.45, 7) is 1.16. The molecule has 1 unspecified atom stereocenters. The van der Waals surface area contributed by atoms with Crippen LogP contribution in [-0.4, -0.2) is 39.6 Å². The second-order valence-corrected chi connectivity index (χ2v) is 6.23. The number of hydrogen-bond donors (Lipinski definition) is 2. The van der Waals surface area contributed by atoms with Crippen molar-refractivity contribution >= 4 is 10.0 Å². The number of ether oxygens (including phenoxy) is 2. The molecule has 0 aromatic heterocycles. The Bertz CT molecular complexity index is 515. The zero-order chi connectivity index (χ0) is 14.5. The fourth-order valence-corrected chi connectivity index (χ4v) is 2.26. The summed E-state index contributed by atoms with van der Waals surface area (Å²) in [5.74, 6) is 1.12. The summed E-state index contributed by atoms with van der Waals surface area (Å²) in [7, 11) is -0.471. The Morgan fingerprint density at radius 2 is 1.89 bits per heavy atom. The van der Waals surface area contributed by atoms with Gasteiger partial charge in [0, 0.05) is 6.54 Å². The minimum absolute atomic E-state index is 0.132. The third-order valence-corrected chi connectivity index (χ3v) is 4.47. The first-order valence-electron chi connectivity index (χ1n) is 5.74. The minimum atomic E-state index is -3.52. The zero-order valence-electron chi connectivity index (χ0n) is 11.2. The second-order valence-electron chi connectivity index (χ2n) is 4.05. The van der Waals surface area contributed by atoms with Crippen LogP contribution in [0.1, 0.15) is 12.5 Å². The highest BCUT2D eigenvalue weighted by Crippen LogP contribution is 2.27. The van der Waals surface area contributed by atoms with Crippen LogP contribution in [0, 0.1) is 0 Å². The molecule has 1 rings (SSSR count). The number of nitrogens with one attached hydrogen (secondary N) is 1. The summed E-state index contributed by atoms with van der Waals surface area (Å²) in [6, 6.07) is 5.15. The van der Waals surface area contributed by atoms with Gasteiger partial charge in [-0.3, -0.25) is 0 Å². The lowest BCUT2D eigenvalue weighted by molar-refractivity contribution is 0.294. The van der Waals surface area contributed by atoms with Gasteiger partial charge in [0.2, 0.25) is 10.0 Å². The monoisotopic (exact) mass is 289 g/mol. The molecule has 19 heavy (non-hydrogen) atoms. The van der Waals surface area contributed by atoms with Crippen molar-refractivity contribution < 1.29 is 23.0 Å². The largest absolute Gasteiger partial charge is 0.493 e. The quantitative estimate of drug-likeness (QED) is 0.763. The van der Waals surface area contributed by atoms with Gasteiger partial charge in [-0.2, -0.15) is 0 Å². The number of methoxy groups -OCH3 is 2. The molecule has 6 nitrogen and oxygen atoms in total. The Hall–Kier alpha value is -1.31. The van der Waals surface area contributed by atoms with Gasteiger partial charge in [0.15, 0.2) is 11.5 Å². The van der Waals surface area contributed by atoms with Crippen LogP contribution in [0.5, 0.6) is 11.5 Å². The van der Waals surface area contributed by atoms with Gasteiger partial charge in [0.05, 0.1) is 26.1 Å². The van der Waals surface area contributed by atoms with E-state index in [4.69, 9.17) is 14.6 Å². The van der Waals surface area contributed by atoms with Crippen LogP contribution in [0.25, 0.3) is 0 Å². The number of benzene rings is 1. The molecule has 0 bridgehead atoms. The van der Waals surface area contributed by atoms with E-state index in [1.54, 1.807) is 18.2 Å². The summed E-state index contributed by atoms with van der Waals surface area (Å²) in [5, 5.41) is 8.02. The Morgan fingerprint density at radius 1 is 1.26 bits per heavy atom. The average molecular weight is 289 g/mol. The van der Waals surface area contributed by atoms with E-state index in [9.17, 15) is 8.42 Å². The van der Waals surface area contributed by atoms with Gasteiger partial charge >= 0.3 is 0 Å². The molecule has 0 radical (unpaired) electrons. The maximum Gasteiger partial charge on any atom is 0.216 e. The highest BCUT2D eigenvalue weighted by atomic mass is 32.2. The summed E-state index contributed by atoms with van der Waals surface area (Å²) in [5.41, 5.74) is 0.742. The number of aliphatic hydroxyl groups is 1. The molecule has 0 aliphatic carbocycles. The molecule has 0 fully saturated rings. The fraction of sp³-hybridized carbons (Fsp3) is 0.500. The Morgan fingerprint density at radius 3 is 2.42 bits per heavy atom. The summed E-state index contributed by atoms with van der Waals surface area (Å²) in [6.07, 6.45) is 0. The first kappa shape index (κ1) is 15.7. The maximum absolute atomic E-state index is 11.7. The van der Waals surface area contributed by atoms with Crippen molar-refractivity contribution in [3.8, 4) is 11.5 Å². The molecule has 0 saturated carbocycles. The number of aliphatic hydroxyl groups excluding tert-OH is 1. The van der Waals surface area contributed by atoms with E-state index in [1.807, 2.05) is 0 Å². The van der Waals surface area contributed by atoms with Crippen molar-refractivity contribution in [3.05, 3.63) is 23.8 Å². The standard InChI is InChI=1S/C12H19NO5S/c1-9(8-14)19(15,16)13-7-10-4-5-11(17-2)12(6-10)18-3/h4-6,9,13-14H,7-8H2,1-3H3. The van der Waals surface area contributed by atoms with Crippen LogP contribution in [0.2, 0.25) is 0 Å². The van der Waals surface area contributed by atoms with Crippen molar-refractivity contribution in [3.63, 3.8) is 0 Å². The van der Waals surface area contributed by atoms with E-state index >= 15 is 0 Å². The average Bonchev–Trinajstić information content (AvgIpc) is 2.43. The number of sulfonamides is 1. The third-order valence-electron chi connectivity index (χ3n) is 2.71. The van der Waals surface area contributed by atoms with E-state index in [0.717, 1.165) is 5.56 Å². The van der Waals surface area contributed by atoms with E-state index < -0.39 is 21.9 Å². The smallest absolute Gasteiger partial charge is 0.216 e. The molecule has 1 aromatic rings. The van der Waals surface area contributed by atoms with Crippen LogP contribution in [0.15, 0.2) is 18.2 Å². The Labute approximate surface area is 113 Å². The molecule has 0 spiro atoms.